The third kappa shape index (κ3) is 4.37. The summed E-state index contributed by atoms with van der Waals surface area (Å²) in [5, 5.41) is 15.5. The van der Waals surface area contributed by atoms with Gasteiger partial charge >= 0.3 is 6.03 Å². The van der Waals surface area contributed by atoms with Crippen molar-refractivity contribution < 1.29 is 9.90 Å². The number of fused-ring (bicyclic) bond motifs is 1. The molecule has 1 heterocycles. The third-order valence-electron chi connectivity index (χ3n) is 4.82. The third-order valence-corrected chi connectivity index (χ3v) is 4.82. The van der Waals surface area contributed by atoms with Gasteiger partial charge in [-0.15, -0.1) is 0 Å². The van der Waals surface area contributed by atoms with Crippen LogP contribution in [-0.4, -0.2) is 29.3 Å². The zero-order valence-electron chi connectivity index (χ0n) is 14.5. The molecule has 0 saturated carbocycles. The molecule has 0 radical (unpaired) electrons. The Bertz CT molecular complexity index is 705. The van der Waals surface area contributed by atoms with Crippen molar-refractivity contribution in [2.75, 3.05) is 13.2 Å². The fourth-order valence-corrected chi connectivity index (χ4v) is 3.46. The van der Waals surface area contributed by atoms with Crippen LogP contribution in [0, 0.1) is 11.8 Å². The standard InChI is InChI=1S/C20H25N3O2/c1-14-10-16-6-2-3-8-18(16)19(14)23-20(25)22-12-15(13-24)11-17-7-4-5-9-21-17/h2-9,14-15,19,24H,10-13H2,1H3,(H2,22,23,25)/t14-,15-,19+/m1/s1. The molecule has 3 N–H and O–H groups in total. The number of carbonyl (C=O) groups is 1. The Balaban J connectivity index is 1.52. The first kappa shape index (κ1) is 17.4. The summed E-state index contributed by atoms with van der Waals surface area (Å²) < 4.78 is 0. The molecule has 0 aliphatic heterocycles. The average Bonchev–Trinajstić information content (AvgIpc) is 2.95. The van der Waals surface area contributed by atoms with Gasteiger partial charge in [-0.25, -0.2) is 4.79 Å². The number of nitrogens with zero attached hydrogens (tertiary/aromatic N) is 1. The number of carbonyl (C=O) groups excluding carboxylic acids is 1. The molecule has 2 amide bonds. The molecule has 0 saturated heterocycles. The molecule has 0 fully saturated rings. The van der Waals surface area contributed by atoms with E-state index in [9.17, 15) is 9.90 Å². The maximum Gasteiger partial charge on any atom is 0.315 e. The van der Waals surface area contributed by atoms with Crippen LogP contribution in [0.15, 0.2) is 48.7 Å². The summed E-state index contributed by atoms with van der Waals surface area (Å²) >= 11 is 0. The molecular formula is C20H25N3O2. The van der Waals surface area contributed by atoms with Crippen LogP contribution in [0.4, 0.5) is 4.79 Å². The second-order valence-corrected chi connectivity index (χ2v) is 6.79. The number of aliphatic hydroxyl groups is 1. The van der Waals surface area contributed by atoms with Crippen molar-refractivity contribution in [2.45, 2.75) is 25.8 Å². The second kappa shape index (κ2) is 8.12. The number of hydrogen-bond donors (Lipinski definition) is 3. The fourth-order valence-electron chi connectivity index (χ4n) is 3.46. The number of hydrogen-bond acceptors (Lipinski definition) is 3. The van der Waals surface area contributed by atoms with Gasteiger partial charge < -0.3 is 15.7 Å². The van der Waals surface area contributed by atoms with E-state index in [1.165, 1.54) is 11.1 Å². The number of aliphatic hydroxyl groups excluding tert-OH is 1. The molecule has 5 heteroatoms. The van der Waals surface area contributed by atoms with Crippen LogP contribution < -0.4 is 10.6 Å². The van der Waals surface area contributed by atoms with Crippen LogP contribution >= 0.6 is 0 Å². The molecule has 0 spiro atoms. The maximum atomic E-state index is 12.3. The minimum Gasteiger partial charge on any atom is -0.396 e. The predicted octanol–water partition coefficient (Wildman–Crippen LogP) is 2.47. The topological polar surface area (TPSA) is 74.2 Å². The van der Waals surface area contributed by atoms with E-state index >= 15 is 0 Å². The van der Waals surface area contributed by atoms with Gasteiger partial charge in [0.05, 0.1) is 6.04 Å². The number of amides is 2. The van der Waals surface area contributed by atoms with E-state index in [4.69, 9.17) is 0 Å². The summed E-state index contributed by atoms with van der Waals surface area (Å²) in [6.45, 7) is 2.59. The molecule has 1 aromatic carbocycles. The molecule has 1 aliphatic rings. The van der Waals surface area contributed by atoms with Crippen LogP contribution in [0.3, 0.4) is 0 Å². The van der Waals surface area contributed by atoms with Crippen molar-refractivity contribution in [2.24, 2.45) is 11.8 Å². The summed E-state index contributed by atoms with van der Waals surface area (Å²) in [4.78, 5) is 16.6. The fraction of sp³-hybridized carbons (Fsp3) is 0.400. The highest BCUT2D eigenvalue weighted by Crippen LogP contribution is 2.35. The minimum atomic E-state index is -0.187. The molecule has 25 heavy (non-hydrogen) atoms. The highest BCUT2D eigenvalue weighted by molar-refractivity contribution is 5.74. The molecule has 5 nitrogen and oxygen atoms in total. The summed E-state index contributed by atoms with van der Waals surface area (Å²) in [5.74, 6) is 0.333. The first-order chi connectivity index (χ1) is 12.2. The maximum absolute atomic E-state index is 12.3. The number of benzene rings is 1. The Morgan fingerprint density at radius 1 is 1.28 bits per heavy atom. The average molecular weight is 339 g/mol. The normalized spacial score (nSPS) is 19.9. The lowest BCUT2D eigenvalue weighted by molar-refractivity contribution is 0.210. The van der Waals surface area contributed by atoms with E-state index in [1.54, 1.807) is 6.20 Å². The van der Waals surface area contributed by atoms with Crippen LogP contribution in [0.25, 0.3) is 0 Å². The van der Waals surface area contributed by atoms with E-state index in [0.29, 0.717) is 18.9 Å². The quantitative estimate of drug-likeness (QED) is 0.757. The van der Waals surface area contributed by atoms with Crippen LogP contribution in [0.2, 0.25) is 0 Å². The summed E-state index contributed by atoms with van der Waals surface area (Å²) in [7, 11) is 0. The van der Waals surface area contributed by atoms with E-state index in [-0.39, 0.29) is 24.6 Å². The zero-order chi connectivity index (χ0) is 17.6. The van der Waals surface area contributed by atoms with Gasteiger partial charge in [0.25, 0.3) is 0 Å². The smallest absolute Gasteiger partial charge is 0.315 e. The van der Waals surface area contributed by atoms with Crippen LogP contribution in [0.5, 0.6) is 0 Å². The largest absolute Gasteiger partial charge is 0.396 e. The first-order valence-electron chi connectivity index (χ1n) is 8.80. The van der Waals surface area contributed by atoms with Gasteiger partial charge in [-0.1, -0.05) is 37.3 Å². The van der Waals surface area contributed by atoms with Crippen molar-refractivity contribution in [1.29, 1.82) is 0 Å². The summed E-state index contributed by atoms with van der Waals surface area (Å²) in [6.07, 6.45) is 3.36. The minimum absolute atomic E-state index is 0.0134. The van der Waals surface area contributed by atoms with Gasteiger partial charge in [-0.3, -0.25) is 4.98 Å². The monoisotopic (exact) mass is 339 g/mol. The Kier molecular flexibility index (Phi) is 5.66. The van der Waals surface area contributed by atoms with Crippen molar-refractivity contribution in [3.8, 4) is 0 Å². The molecule has 0 bridgehead atoms. The van der Waals surface area contributed by atoms with Crippen LogP contribution in [-0.2, 0) is 12.8 Å². The van der Waals surface area contributed by atoms with Gasteiger partial charge in [-0.2, -0.15) is 0 Å². The van der Waals surface area contributed by atoms with Crippen LogP contribution in [0.1, 0.15) is 29.8 Å². The molecular weight excluding hydrogens is 314 g/mol. The van der Waals surface area contributed by atoms with E-state index < -0.39 is 0 Å². The van der Waals surface area contributed by atoms with Crippen molar-refractivity contribution >= 4 is 6.03 Å². The molecule has 132 valence electrons. The van der Waals surface area contributed by atoms with E-state index in [2.05, 4.69) is 34.7 Å². The van der Waals surface area contributed by atoms with Gasteiger partial charge in [0, 0.05) is 31.0 Å². The second-order valence-electron chi connectivity index (χ2n) is 6.79. The molecule has 3 atom stereocenters. The number of rotatable bonds is 6. The van der Waals surface area contributed by atoms with E-state index in [1.807, 2.05) is 30.3 Å². The molecule has 0 unspecified atom stereocenters. The molecule has 1 aromatic heterocycles. The number of nitrogens with one attached hydrogen (secondary N) is 2. The van der Waals surface area contributed by atoms with Crippen molar-refractivity contribution in [3.63, 3.8) is 0 Å². The highest BCUT2D eigenvalue weighted by atomic mass is 16.3. The summed E-state index contributed by atoms with van der Waals surface area (Å²) in [6, 6.07) is 13.8. The summed E-state index contributed by atoms with van der Waals surface area (Å²) in [5.41, 5.74) is 3.43. The lowest BCUT2D eigenvalue weighted by Gasteiger charge is -2.21. The highest BCUT2D eigenvalue weighted by Gasteiger charge is 2.30. The van der Waals surface area contributed by atoms with Crippen molar-refractivity contribution in [1.82, 2.24) is 15.6 Å². The van der Waals surface area contributed by atoms with Gasteiger partial charge in [-0.05, 0) is 42.0 Å². The SMILES string of the molecule is C[C@@H]1Cc2ccccc2[C@H]1NC(=O)NC[C@H](CO)Cc1ccccn1. The number of urea groups is 1. The Morgan fingerprint density at radius 2 is 2.08 bits per heavy atom. The molecule has 1 aliphatic carbocycles. The number of aromatic nitrogens is 1. The lowest BCUT2D eigenvalue weighted by Crippen LogP contribution is -2.42. The molecule has 2 aromatic rings. The van der Waals surface area contributed by atoms with E-state index in [0.717, 1.165) is 12.1 Å². The predicted molar refractivity (Wildman–Crippen MR) is 97.1 cm³/mol. The lowest BCUT2D eigenvalue weighted by atomic mass is 10.0. The van der Waals surface area contributed by atoms with Gasteiger partial charge in [0.2, 0.25) is 0 Å². The van der Waals surface area contributed by atoms with Crippen molar-refractivity contribution in [3.05, 3.63) is 65.5 Å². The van der Waals surface area contributed by atoms with Gasteiger partial charge in [0.15, 0.2) is 0 Å². The first-order valence-corrected chi connectivity index (χ1v) is 8.80. The number of pyridine rings is 1. The zero-order valence-corrected chi connectivity index (χ0v) is 14.5. The Labute approximate surface area is 148 Å². The Hall–Kier alpha value is -2.40. The molecule has 3 rings (SSSR count). The Morgan fingerprint density at radius 3 is 2.84 bits per heavy atom. The van der Waals surface area contributed by atoms with Gasteiger partial charge in [0.1, 0.15) is 0 Å².